The fourth-order valence-corrected chi connectivity index (χ4v) is 21.7. The van der Waals surface area contributed by atoms with Gasteiger partial charge in [0.1, 0.15) is 0 Å². The van der Waals surface area contributed by atoms with E-state index in [0.29, 0.717) is 4.90 Å². The molecule has 0 radical (unpaired) electrons. The Bertz CT molecular complexity index is 1810. The molecular weight excluding hydrogens is 880 g/mol. The van der Waals surface area contributed by atoms with E-state index < -0.39 is 16.9 Å². The summed E-state index contributed by atoms with van der Waals surface area (Å²) in [5, 5.41) is 3.26. The summed E-state index contributed by atoms with van der Waals surface area (Å²) in [6.07, 6.45) is 50.3. The Kier molecular flexibility index (Phi) is 33.1. The minimum atomic E-state index is -4.21. The number of aryl methyl sites for hydroxylation is 1. The third-order valence-corrected chi connectivity index (χ3v) is 24.9. The summed E-state index contributed by atoms with van der Waals surface area (Å²) in [6, 6.07) is 19.5. The SMILES string of the molecule is CCCCCCCCCCCCc1c(CCCCCCCCCCCC)c(S(=O)(=O)OP(CCCC)(CCCC)(CCCC)c2ccccc2)c2ccccc2c1CCCCCCCCCCCC. The fourth-order valence-electron chi connectivity index (χ4n) is 11.6. The van der Waals surface area contributed by atoms with Crippen LogP contribution in [0.3, 0.4) is 0 Å². The number of rotatable bonds is 46. The molecule has 5 heteroatoms. The third-order valence-electron chi connectivity index (χ3n) is 15.9. The van der Waals surface area contributed by atoms with E-state index in [-0.39, 0.29) is 0 Å². The molecule has 0 unspecified atom stereocenters. The van der Waals surface area contributed by atoms with Crippen LogP contribution in [0.5, 0.6) is 0 Å². The monoisotopic (exact) mass is 991 g/mol. The van der Waals surface area contributed by atoms with Crippen molar-refractivity contribution in [1.82, 2.24) is 0 Å². The first kappa shape index (κ1) is 61.6. The Morgan fingerprint density at radius 1 is 0.333 bits per heavy atom. The molecule has 0 bridgehead atoms. The van der Waals surface area contributed by atoms with Crippen molar-refractivity contribution < 1.29 is 12.4 Å². The summed E-state index contributed by atoms with van der Waals surface area (Å²) in [4.78, 5) is 0.539. The van der Waals surface area contributed by atoms with Crippen molar-refractivity contribution in [2.45, 2.75) is 297 Å². The molecule has 0 aromatic heterocycles. The molecule has 0 N–H and O–H groups in total. The number of fused-ring (bicyclic) bond motifs is 1. The summed E-state index contributed by atoms with van der Waals surface area (Å²) in [5.74, 6) is 0. The van der Waals surface area contributed by atoms with Gasteiger partial charge in [0.15, 0.2) is 0 Å². The van der Waals surface area contributed by atoms with Crippen LogP contribution in [0.15, 0.2) is 59.5 Å². The van der Waals surface area contributed by atoms with Gasteiger partial charge < -0.3 is 0 Å². The molecule has 3 rings (SSSR count). The fraction of sp³-hybridized carbons (Fsp3) is 0.750. The molecule has 396 valence electrons. The molecule has 0 spiro atoms. The number of unbranched alkanes of at least 4 members (excludes halogenated alkanes) is 30. The van der Waals surface area contributed by atoms with E-state index in [1.54, 1.807) is 0 Å². The van der Waals surface area contributed by atoms with E-state index in [0.717, 1.165) is 106 Å². The quantitative estimate of drug-likeness (QED) is 0.0418. The average molecular weight is 992 g/mol. The van der Waals surface area contributed by atoms with Gasteiger partial charge in [-0.3, -0.25) is 0 Å². The van der Waals surface area contributed by atoms with Gasteiger partial charge in [0.25, 0.3) is 0 Å². The summed E-state index contributed by atoms with van der Waals surface area (Å²) in [6.45, 7) is 10.2. The van der Waals surface area contributed by atoms with E-state index >= 15 is 8.42 Å². The first-order valence-corrected chi connectivity index (χ1v) is 34.5. The van der Waals surface area contributed by atoms with Gasteiger partial charge >= 0.3 is 334 Å². The molecule has 3 aromatic rings. The summed E-state index contributed by atoms with van der Waals surface area (Å²) >= 11 is 0. The van der Waals surface area contributed by atoms with Crippen LogP contribution in [-0.2, 0) is 33.4 Å². The van der Waals surface area contributed by atoms with Gasteiger partial charge in [-0.05, 0) is 0 Å². The zero-order valence-electron chi connectivity index (χ0n) is 46.5. The molecule has 0 amide bonds. The van der Waals surface area contributed by atoms with E-state index in [9.17, 15) is 0 Å². The van der Waals surface area contributed by atoms with Crippen molar-refractivity contribution in [1.29, 1.82) is 0 Å². The third kappa shape index (κ3) is 21.7. The Morgan fingerprint density at radius 2 is 0.638 bits per heavy atom. The van der Waals surface area contributed by atoms with E-state index in [2.05, 4.69) is 96.1 Å². The molecule has 0 aliphatic rings. The topological polar surface area (TPSA) is 43.4 Å². The van der Waals surface area contributed by atoms with Crippen LogP contribution < -0.4 is 5.30 Å². The molecule has 0 aliphatic heterocycles. The van der Waals surface area contributed by atoms with Gasteiger partial charge in [-0.25, -0.2) is 0 Å². The Morgan fingerprint density at radius 3 is 1.01 bits per heavy atom. The molecule has 0 atom stereocenters. The molecule has 0 heterocycles. The zero-order chi connectivity index (χ0) is 49.8. The van der Waals surface area contributed by atoms with Crippen molar-refractivity contribution >= 4 is 33.0 Å². The Balaban J connectivity index is 2.18. The van der Waals surface area contributed by atoms with Crippen molar-refractivity contribution in [3.05, 3.63) is 71.3 Å². The van der Waals surface area contributed by atoms with Gasteiger partial charge in [-0.1, -0.05) is 97.8 Å². The standard InChI is InChI=1S/C64H111O3PS/c1-7-13-19-22-25-28-31-34-37-43-50-59-60(51-44-38-35-32-29-26-23-20-14-8-2)62(53-45-39-36-33-30-27-24-21-15-9-3)64(63-54-47-46-52-61(59)63)69(65,66)67-68(55-16-10-4,56-17-11-5,57-18-12-6)58-48-41-40-42-49-58/h40-42,46-49,52,54H,7-39,43-45,50-51,53,55-57H2,1-6H3. The normalized spacial score (nSPS) is 12.8. The minimum Gasteiger partial charge on any atom is -0.0654 e. The van der Waals surface area contributed by atoms with E-state index in [1.165, 1.54) is 195 Å². The van der Waals surface area contributed by atoms with Gasteiger partial charge in [-0.15, -0.1) is 0 Å². The zero-order valence-corrected chi connectivity index (χ0v) is 48.2. The Labute approximate surface area is 429 Å². The predicted octanol–water partition coefficient (Wildman–Crippen LogP) is 21.1. The van der Waals surface area contributed by atoms with Crippen LogP contribution in [0.25, 0.3) is 10.8 Å². The van der Waals surface area contributed by atoms with Gasteiger partial charge in [-0.2, -0.15) is 0 Å². The van der Waals surface area contributed by atoms with Crippen molar-refractivity contribution in [2.24, 2.45) is 0 Å². The molecule has 0 fully saturated rings. The molecular formula is C64H111O3PS. The summed E-state index contributed by atoms with van der Waals surface area (Å²) < 4.78 is 40.2. The van der Waals surface area contributed by atoms with E-state index in [4.69, 9.17) is 3.97 Å². The van der Waals surface area contributed by atoms with Crippen LogP contribution in [0.4, 0.5) is 0 Å². The van der Waals surface area contributed by atoms with Gasteiger partial charge in [0.05, 0.1) is 0 Å². The average Bonchev–Trinajstić information content (AvgIpc) is 3.36. The predicted molar refractivity (Wildman–Crippen MR) is 311 cm³/mol. The first-order valence-electron chi connectivity index (χ1n) is 30.4. The van der Waals surface area contributed by atoms with Gasteiger partial charge in [0, 0.05) is 0 Å². The summed E-state index contributed by atoms with van der Waals surface area (Å²) in [7, 11) is -4.21. The maximum absolute atomic E-state index is 16.3. The molecule has 0 saturated carbocycles. The second-order valence-electron chi connectivity index (χ2n) is 21.8. The molecule has 69 heavy (non-hydrogen) atoms. The first-order chi connectivity index (χ1) is 33.8. The second-order valence-corrected chi connectivity index (χ2v) is 28.8. The van der Waals surface area contributed by atoms with Crippen LogP contribution in [0.2, 0.25) is 0 Å². The van der Waals surface area contributed by atoms with Crippen LogP contribution >= 0.6 is 6.83 Å². The number of benzene rings is 3. The number of hydrogen-bond donors (Lipinski definition) is 0. The molecule has 3 aromatic carbocycles. The maximum atomic E-state index is 16.3. The van der Waals surface area contributed by atoms with Crippen LogP contribution in [0, 0.1) is 0 Å². The van der Waals surface area contributed by atoms with Crippen molar-refractivity contribution in [3.63, 3.8) is 0 Å². The van der Waals surface area contributed by atoms with Crippen molar-refractivity contribution in [2.75, 3.05) is 18.5 Å². The van der Waals surface area contributed by atoms with Gasteiger partial charge in [0.2, 0.25) is 0 Å². The van der Waals surface area contributed by atoms with Crippen molar-refractivity contribution in [3.8, 4) is 0 Å². The smallest absolute Gasteiger partial charge is 0.0654 e. The molecule has 0 aliphatic carbocycles. The Hall–Kier alpha value is -1.74. The number of hydrogen-bond acceptors (Lipinski definition) is 3. The second kappa shape index (κ2) is 37.1. The minimum absolute atomic E-state index is 0.539. The van der Waals surface area contributed by atoms with Crippen LogP contribution in [0.1, 0.15) is 289 Å². The molecule has 3 nitrogen and oxygen atoms in total. The summed E-state index contributed by atoms with van der Waals surface area (Å²) in [5.41, 5.74) is 3.95. The molecule has 0 saturated heterocycles. The van der Waals surface area contributed by atoms with Crippen LogP contribution in [-0.4, -0.2) is 26.9 Å². The van der Waals surface area contributed by atoms with E-state index in [1.807, 2.05) is 0 Å².